The van der Waals surface area contributed by atoms with Crippen LogP contribution in [-0.4, -0.2) is 102 Å². The molecule has 1 aromatic rings. The van der Waals surface area contributed by atoms with Gasteiger partial charge in [-0.15, -0.1) is 0 Å². The molecular weight excluding hydrogens is 474 g/mol. The molecule has 1 atom stereocenters. The molecule has 0 radical (unpaired) electrons. The van der Waals surface area contributed by atoms with Gasteiger partial charge in [-0.25, -0.2) is 0 Å². The molecule has 9 heteroatoms. The Morgan fingerprint density at radius 3 is 1.95 bits per heavy atom. The highest BCUT2D eigenvalue weighted by Crippen LogP contribution is 2.14. The Kier molecular flexibility index (Phi) is 12.4. The lowest BCUT2D eigenvalue weighted by molar-refractivity contribution is -0.156. The molecule has 1 saturated heterocycles. The zero-order valence-corrected chi connectivity index (χ0v) is 23.0. The normalized spacial score (nSPS) is 17.2. The van der Waals surface area contributed by atoms with Crippen LogP contribution in [-0.2, 0) is 35.3 Å². The molecule has 2 rings (SSSR count). The standard InChI is InChI=1S/C28H43N3O6/c1-22(32)19-29-13-14-30(20-27(35)37-28(3,4)5)16-18-31(17-15-29)25(23(2)33)11-12-26(34)36-21-24-9-7-6-8-10-24/h6-10,25H,11-21H2,1-5H3. The fraction of sp³-hybridized carbons (Fsp3) is 0.643. The molecule has 206 valence electrons. The van der Waals surface area contributed by atoms with Crippen LogP contribution in [0.3, 0.4) is 0 Å². The van der Waals surface area contributed by atoms with Crippen LogP contribution in [0.25, 0.3) is 0 Å². The molecule has 1 heterocycles. The highest BCUT2D eigenvalue weighted by atomic mass is 16.6. The van der Waals surface area contributed by atoms with Crippen molar-refractivity contribution < 1.29 is 28.7 Å². The third-order valence-corrected chi connectivity index (χ3v) is 6.13. The Hall–Kier alpha value is -2.62. The van der Waals surface area contributed by atoms with Gasteiger partial charge in [0, 0.05) is 45.7 Å². The number of hydrogen-bond donors (Lipinski definition) is 0. The summed E-state index contributed by atoms with van der Waals surface area (Å²) in [5, 5.41) is 0. The van der Waals surface area contributed by atoms with Crippen molar-refractivity contribution in [3.63, 3.8) is 0 Å². The number of carbonyl (C=O) groups excluding carboxylic acids is 4. The molecule has 1 aromatic carbocycles. The third-order valence-electron chi connectivity index (χ3n) is 6.13. The Bertz CT molecular complexity index is 899. The van der Waals surface area contributed by atoms with Crippen LogP contribution in [0.1, 0.15) is 53.0 Å². The molecule has 0 aliphatic carbocycles. The quantitative estimate of drug-likeness (QED) is 0.410. The summed E-state index contributed by atoms with van der Waals surface area (Å²) in [6.07, 6.45) is 0.480. The number of esters is 2. The number of nitrogens with zero attached hydrogens (tertiary/aromatic N) is 3. The second kappa shape index (κ2) is 15.0. The maximum Gasteiger partial charge on any atom is 0.320 e. The Labute approximate surface area is 221 Å². The summed E-state index contributed by atoms with van der Waals surface area (Å²) in [7, 11) is 0. The first-order valence-electron chi connectivity index (χ1n) is 13.0. The van der Waals surface area contributed by atoms with Crippen molar-refractivity contribution in [1.29, 1.82) is 0 Å². The largest absolute Gasteiger partial charge is 0.461 e. The minimum Gasteiger partial charge on any atom is -0.461 e. The van der Waals surface area contributed by atoms with E-state index in [4.69, 9.17) is 9.47 Å². The molecule has 37 heavy (non-hydrogen) atoms. The number of Topliss-reactive ketones (excluding diaryl/α,β-unsaturated/α-hetero) is 2. The van der Waals surface area contributed by atoms with Crippen LogP contribution >= 0.6 is 0 Å². The molecule has 1 unspecified atom stereocenters. The van der Waals surface area contributed by atoms with Crippen LogP contribution in [0.15, 0.2) is 30.3 Å². The first-order chi connectivity index (χ1) is 17.4. The van der Waals surface area contributed by atoms with Gasteiger partial charge in [-0.05, 0) is 46.6 Å². The predicted molar refractivity (Wildman–Crippen MR) is 141 cm³/mol. The van der Waals surface area contributed by atoms with Gasteiger partial charge in [0.2, 0.25) is 0 Å². The fourth-order valence-electron chi connectivity index (χ4n) is 4.36. The predicted octanol–water partition coefficient (Wildman–Crippen LogP) is 2.32. The number of ether oxygens (including phenoxy) is 2. The summed E-state index contributed by atoms with van der Waals surface area (Å²) in [6, 6.07) is 9.02. The lowest BCUT2D eigenvalue weighted by atomic mass is 10.1. The maximum absolute atomic E-state index is 12.6. The van der Waals surface area contributed by atoms with E-state index in [-0.39, 0.29) is 43.1 Å². The van der Waals surface area contributed by atoms with E-state index in [2.05, 4.69) is 4.90 Å². The minimum atomic E-state index is -0.571. The van der Waals surface area contributed by atoms with E-state index in [1.165, 1.54) is 0 Å². The van der Waals surface area contributed by atoms with E-state index in [1.807, 2.05) is 60.9 Å². The summed E-state index contributed by atoms with van der Waals surface area (Å²) >= 11 is 0. The maximum atomic E-state index is 12.6. The van der Waals surface area contributed by atoms with Crippen LogP contribution in [0.2, 0.25) is 0 Å². The molecule has 0 spiro atoms. The minimum absolute atomic E-state index is 0.0214. The van der Waals surface area contributed by atoms with Gasteiger partial charge in [0.25, 0.3) is 0 Å². The van der Waals surface area contributed by atoms with Crippen molar-refractivity contribution in [1.82, 2.24) is 14.7 Å². The van der Waals surface area contributed by atoms with Crippen molar-refractivity contribution in [3.05, 3.63) is 35.9 Å². The van der Waals surface area contributed by atoms with Gasteiger partial charge in [-0.2, -0.15) is 0 Å². The molecule has 0 aromatic heterocycles. The monoisotopic (exact) mass is 517 g/mol. The van der Waals surface area contributed by atoms with Gasteiger partial charge in [-0.1, -0.05) is 30.3 Å². The van der Waals surface area contributed by atoms with E-state index in [9.17, 15) is 19.2 Å². The van der Waals surface area contributed by atoms with Crippen molar-refractivity contribution in [2.75, 3.05) is 52.4 Å². The first-order valence-corrected chi connectivity index (χ1v) is 13.0. The molecule has 0 saturated carbocycles. The lowest BCUT2D eigenvalue weighted by Gasteiger charge is -2.31. The smallest absolute Gasteiger partial charge is 0.320 e. The molecule has 1 aliphatic rings. The average Bonchev–Trinajstić information content (AvgIpc) is 2.88. The summed E-state index contributed by atoms with van der Waals surface area (Å²) in [4.78, 5) is 55.5. The Balaban J connectivity index is 2.04. The Morgan fingerprint density at radius 2 is 1.41 bits per heavy atom. The molecule has 0 N–H and O–H groups in total. The fourth-order valence-corrected chi connectivity index (χ4v) is 4.36. The van der Waals surface area contributed by atoms with Crippen molar-refractivity contribution in [3.8, 4) is 0 Å². The lowest BCUT2D eigenvalue weighted by Crippen LogP contribution is -2.47. The van der Waals surface area contributed by atoms with E-state index in [0.29, 0.717) is 52.2 Å². The number of carbonyl (C=O) groups is 4. The van der Waals surface area contributed by atoms with Crippen LogP contribution in [0.5, 0.6) is 0 Å². The van der Waals surface area contributed by atoms with Gasteiger partial charge in [0.05, 0.1) is 19.1 Å². The van der Waals surface area contributed by atoms with Gasteiger partial charge in [-0.3, -0.25) is 33.9 Å². The Morgan fingerprint density at radius 1 is 0.838 bits per heavy atom. The van der Waals surface area contributed by atoms with Gasteiger partial charge in [0.1, 0.15) is 23.8 Å². The zero-order chi connectivity index (χ0) is 27.4. The average molecular weight is 518 g/mol. The van der Waals surface area contributed by atoms with Gasteiger partial charge >= 0.3 is 11.9 Å². The third kappa shape index (κ3) is 12.5. The molecule has 0 amide bonds. The van der Waals surface area contributed by atoms with E-state index < -0.39 is 11.6 Å². The SMILES string of the molecule is CC(=O)CN1CCN(CC(=O)OC(C)(C)C)CCN(C(CCC(=O)OCc2ccccc2)C(C)=O)CC1. The zero-order valence-electron chi connectivity index (χ0n) is 23.0. The van der Waals surface area contributed by atoms with Crippen molar-refractivity contribution in [2.45, 2.75) is 65.7 Å². The van der Waals surface area contributed by atoms with E-state index in [1.54, 1.807) is 13.8 Å². The second-order valence-electron chi connectivity index (χ2n) is 10.7. The van der Waals surface area contributed by atoms with Gasteiger partial charge < -0.3 is 9.47 Å². The molecular formula is C28H43N3O6. The summed E-state index contributed by atoms with van der Waals surface area (Å²) in [6.45, 7) is 12.8. The number of ketones is 2. The molecule has 0 bridgehead atoms. The molecule has 9 nitrogen and oxygen atoms in total. The van der Waals surface area contributed by atoms with E-state index in [0.717, 1.165) is 5.56 Å². The number of rotatable bonds is 11. The topological polar surface area (TPSA) is 96.5 Å². The first kappa shape index (κ1) is 30.6. The van der Waals surface area contributed by atoms with Crippen LogP contribution in [0.4, 0.5) is 0 Å². The summed E-state index contributed by atoms with van der Waals surface area (Å²) in [5.74, 6) is -0.606. The second-order valence-corrected chi connectivity index (χ2v) is 10.7. The number of benzene rings is 1. The van der Waals surface area contributed by atoms with Crippen molar-refractivity contribution >= 4 is 23.5 Å². The highest BCUT2D eigenvalue weighted by Gasteiger charge is 2.27. The van der Waals surface area contributed by atoms with Crippen LogP contribution < -0.4 is 0 Å². The van der Waals surface area contributed by atoms with Gasteiger partial charge in [0.15, 0.2) is 0 Å². The van der Waals surface area contributed by atoms with E-state index >= 15 is 0 Å². The summed E-state index contributed by atoms with van der Waals surface area (Å²) < 4.78 is 10.9. The highest BCUT2D eigenvalue weighted by molar-refractivity contribution is 5.82. The van der Waals surface area contributed by atoms with Crippen molar-refractivity contribution in [2.24, 2.45) is 0 Å². The molecule has 1 aliphatic heterocycles. The number of hydrogen-bond acceptors (Lipinski definition) is 9. The van der Waals surface area contributed by atoms with Crippen LogP contribution in [0, 0.1) is 0 Å². The molecule has 1 fully saturated rings. The summed E-state index contributed by atoms with van der Waals surface area (Å²) in [5.41, 5.74) is 0.341.